The molecule has 0 fully saturated rings. The fourth-order valence-corrected chi connectivity index (χ4v) is 4.06. The molecule has 160 valence electrons. The Morgan fingerprint density at radius 1 is 0.938 bits per heavy atom. The van der Waals surface area contributed by atoms with Crippen LogP contribution in [0.5, 0.6) is 0 Å². The van der Waals surface area contributed by atoms with Crippen LogP contribution in [0.1, 0.15) is 23.1 Å². The average molecular weight is 425 g/mol. The third-order valence-electron chi connectivity index (χ3n) is 5.65. The molecule has 0 unspecified atom stereocenters. The van der Waals surface area contributed by atoms with Gasteiger partial charge in [0.05, 0.1) is 18.9 Å². The smallest absolute Gasteiger partial charge is 0.142 e. The number of oxime groups is 1. The summed E-state index contributed by atoms with van der Waals surface area (Å²) in [7, 11) is 0. The molecule has 0 atom stereocenters. The molecule has 1 aliphatic rings. The summed E-state index contributed by atoms with van der Waals surface area (Å²) in [5.41, 5.74) is 8.55. The van der Waals surface area contributed by atoms with Crippen LogP contribution >= 0.6 is 0 Å². The Balaban J connectivity index is 1.42. The molecule has 0 radical (unpaired) electrons. The van der Waals surface area contributed by atoms with Crippen LogP contribution in [-0.4, -0.2) is 32.2 Å². The van der Waals surface area contributed by atoms with E-state index in [4.69, 9.17) is 9.94 Å². The summed E-state index contributed by atoms with van der Waals surface area (Å²) in [5, 5.41) is 18.5. The summed E-state index contributed by atoms with van der Waals surface area (Å²) in [4.78, 5) is 9.74. The molecule has 0 saturated heterocycles. The predicted octanol–water partition coefficient (Wildman–Crippen LogP) is 4.47. The van der Waals surface area contributed by atoms with Gasteiger partial charge >= 0.3 is 0 Å². The molecule has 6 heteroatoms. The molecule has 1 N–H and O–H groups in total. The van der Waals surface area contributed by atoms with E-state index >= 15 is 0 Å². The van der Waals surface area contributed by atoms with E-state index in [1.807, 2.05) is 48.7 Å². The predicted molar refractivity (Wildman–Crippen MR) is 124 cm³/mol. The monoisotopic (exact) mass is 424 g/mol. The van der Waals surface area contributed by atoms with Crippen molar-refractivity contribution >= 4 is 5.71 Å². The highest BCUT2D eigenvalue weighted by Crippen LogP contribution is 2.34. The Bertz CT molecular complexity index is 1230. The maximum absolute atomic E-state index is 9.36. The van der Waals surface area contributed by atoms with Crippen LogP contribution in [0, 0.1) is 0 Å². The molecule has 0 aliphatic heterocycles. The molecule has 2 aromatic carbocycles. The highest BCUT2D eigenvalue weighted by molar-refractivity contribution is 6.04. The number of rotatable bonds is 7. The molecule has 6 nitrogen and oxygen atoms in total. The SMILES string of the molecule is OCCn1cc(-c2ccc3c(c2)CCC3=NOCc2ccccc2)c(-c2ccncc2)n1. The fourth-order valence-electron chi connectivity index (χ4n) is 4.06. The topological polar surface area (TPSA) is 72.5 Å². The zero-order valence-corrected chi connectivity index (χ0v) is 17.7. The number of nitrogens with zero attached hydrogens (tertiary/aromatic N) is 4. The Kier molecular flexibility index (Phi) is 5.77. The molecule has 5 rings (SSSR count). The van der Waals surface area contributed by atoms with Crippen molar-refractivity contribution in [3.05, 3.63) is 95.9 Å². The van der Waals surface area contributed by atoms with Crippen molar-refractivity contribution < 1.29 is 9.94 Å². The van der Waals surface area contributed by atoms with Crippen LogP contribution in [0.2, 0.25) is 0 Å². The minimum absolute atomic E-state index is 0.0455. The van der Waals surface area contributed by atoms with Crippen molar-refractivity contribution in [2.75, 3.05) is 6.61 Å². The Hall–Kier alpha value is -3.77. The minimum atomic E-state index is 0.0455. The van der Waals surface area contributed by atoms with Gasteiger partial charge in [0, 0.05) is 35.3 Å². The van der Waals surface area contributed by atoms with Crippen LogP contribution in [0.3, 0.4) is 0 Å². The van der Waals surface area contributed by atoms with Crippen molar-refractivity contribution in [2.24, 2.45) is 5.16 Å². The van der Waals surface area contributed by atoms with Crippen LogP contribution in [0.15, 0.2) is 84.4 Å². The number of aromatic nitrogens is 3. The zero-order chi connectivity index (χ0) is 21.8. The molecule has 0 amide bonds. The van der Waals surface area contributed by atoms with Crippen molar-refractivity contribution in [3.8, 4) is 22.4 Å². The Labute approximate surface area is 186 Å². The summed E-state index contributed by atoms with van der Waals surface area (Å²) >= 11 is 0. The summed E-state index contributed by atoms with van der Waals surface area (Å²) in [6.07, 6.45) is 7.34. The number of fused-ring (bicyclic) bond motifs is 1. The number of benzene rings is 2. The largest absolute Gasteiger partial charge is 0.394 e. The van der Waals surface area contributed by atoms with E-state index < -0.39 is 0 Å². The fraction of sp³-hybridized carbons (Fsp3) is 0.192. The van der Waals surface area contributed by atoms with Gasteiger partial charge in [0.15, 0.2) is 0 Å². The van der Waals surface area contributed by atoms with Crippen LogP contribution in [0.4, 0.5) is 0 Å². The summed E-state index contributed by atoms with van der Waals surface area (Å²) in [5.74, 6) is 0. The molecular formula is C26H24N4O2. The molecule has 2 aromatic heterocycles. The third-order valence-corrected chi connectivity index (χ3v) is 5.65. The number of hydrogen-bond donors (Lipinski definition) is 1. The van der Waals surface area contributed by atoms with E-state index in [-0.39, 0.29) is 6.61 Å². The van der Waals surface area contributed by atoms with E-state index in [0.717, 1.165) is 52.1 Å². The van der Waals surface area contributed by atoms with Crippen LogP contribution in [0.25, 0.3) is 22.4 Å². The highest BCUT2D eigenvalue weighted by Gasteiger charge is 2.21. The van der Waals surface area contributed by atoms with Gasteiger partial charge in [-0.25, -0.2) is 0 Å². The molecule has 2 heterocycles. The molecule has 0 bridgehead atoms. The second kappa shape index (κ2) is 9.16. The lowest BCUT2D eigenvalue weighted by Crippen LogP contribution is -2.02. The zero-order valence-electron chi connectivity index (χ0n) is 17.7. The van der Waals surface area contributed by atoms with Gasteiger partial charge in [-0.15, -0.1) is 0 Å². The van der Waals surface area contributed by atoms with E-state index in [1.165, 1.54) is 5.56 Å². The summed E-state index contributed by atoms with van der Waals surface area (Å²) in [6, 6.07) is 20.4. The van der Waals surface area contributed by atoms with Crippen molar-refractivity contribution in [2.45, 2.75) is 26.0 Å². The first-order valence-corrected chi connectivity index (χ1v) is 10.8. The molecule has 32 heavy (non-hydrogen) atoms. The second-order valence-corrected chi connectivity index (χ2v) is 7.78. The third kappa shape index (κ3) is 4.18. The number of aliphatic hydroxyl groups excluding tert-OH is 1. The number of aliphatic hydroxyl groups is 1. The number of pyridine rings is 1. The summed E-state index contributed by atoms with van der Waals surface area (Å²) in [6.45, 7) is 0.972. The molecule has 0 saturated carbocycles. The summed E-state index contributed by atoms with van der Waals surface area (Å²) < 4.78 is 1.79. The van der Waals surface area contributed by atoms with Gasteiger partial charge in [0.25, 0.3) is 0 Å². The van der Waals surface area contributed by atoms with Gasteiger partial charge in [-0.1, -0.05) is 53.7 Å². The molecule has 0 spiro atoms. The van der Waals surface area contributed by atoms with Gasteiger partial charge in [0.1, 0.15) is 12.3 Å². The average Bonchev–Trinajstić information content (AvgIpc) is 3.45. The lowest BCUT2D eigenvalue weighted by atomic mass is 9.98. The lowest BCUT2D eigenvalue weighted by molar-refractivity contribution is 0.130. The van der Waals surface area contributed by atoms with Crippen LogP contribution in [-0.2, 0) is 24.4 Å². The van der Waals surface area contributed by atoms with Gasteiger partial charge in [-0.2, -0.15) is 5.10 Å². The Morgan fingerprint density at radius 3 is 2.59 bits per heavy atom. The first-order chi connectivity index (χ1) is 15.8. The molecule has 4 aromatic rings. The van der Waals surface area contributed by atoms with Crippen LogP contribution < -0.4 is 0 Å². The maximum atomic E-state index is 9.36. The second-order valence-electron chi connectivity index (χ2n) is 7.78. The van der Waals surface area contributed by atoms with E-state index in [0.29, 0.717) is 13.2 Å². The molecular weight excluding hydrogens is 400 g/mol. The highest BCUT2D eigenvalue weighted by atomic mass is 16.6. The number of aryl methyl sites for hydroxylation is 1. The van der Waals surface area contributed by atoms with Gasteiger partial charge in [-0.3, -0.25) is 9.67 Å². The first-order valence-electron chi connectivity index (χ1n) is 10.8. The lowest BCUT2D eigenvalue weighted by Gasteiger charge is -2.06. The van der Waals surface area contributed by atoms with Gasteiger partial charge < -0.3 is 9.94 Å². The van der Waals surface area contributed by atoms with Crippen molar-refractivity contribution in [3.63, 3.8) is 0 Å². The minimum Gasteiger partial charge on any atom is -0.394 e. The quantitative estimate of drug-likeness (QED) is 0.444. The normalized spacial score (nSPS) is 14.0. The van der Waals surface area contributed by atoms with Gasteiger partial charge in [-0.05, 0) is 41.7 Å². The maximum Gasteiger partial charge on any atom is 0.142 e. The van der Waals surface area contributed by atoms with E-state index in [2.05, 4.69) is 28.3 Å². The first kappa shape index (κ1) is 20.2. The Morgan fingerprint density at radius 2 is 1.78 bits per heavy atom. The standard InChI is InChI=1S/C26H24N4O2/c31-15-14-30-17-24(26(28-30)20-10-12-27-13-11-20)22-6-8-23-21(16-22)7-9-25(23)29-32-18-19-4-2-1-3-5-19/h1-6,8,10-13,16-17,31H,7,9,14-15,18H2. The van der Waals surface area contributed by atoms with Gasteiger partial charge in [0.2, 0.25) is 0 Å². The van der Waals surface area contributed by atoms with Crippen molar-refractivity contribution in [1.82, 2.24) is 14.8 Å². The number of hydrogen-bond acceptors (Lipinski definition) is 5. The van der Waals surface area contributed by atoms with Crippen molar-refractivity contribution in [1.29, 1.82) is 0 Å². The van der Waals surface area contributed by atoms with E-state index in [1.54, 1.807) is 17.1 Å². The van der Waals surface area contributed by atoms with E-state index in [9.17, 15) is 5.11 Å². The molecule has 1 aliphatic carbocycles.